The minimum atomic E-state index is -4.32. The first-order valence-corrected chi connectivity index (χ1v) is 10.6. The molecule has 10 heteroatoms. The van der Waals surface area contributed by atoms with E-state index >= 15 is 0 Å². The van der Waals surface area contributed by atoms with Crippen LogP contribution in [0, 0.1) is 12.8 Å². The number of benzene rings is 1. The standard InChI is InChI=1S/C22H27F3N6O/c1-12(2)18-20(32)28-17-13(3)26-21(29-19(17)30(18)4)27-16-10-31(11-16)9-14-5-7-15(8-6-14)22(23,24)25/h5-8,12,16,18H,9-11H2,1-4H3,(H,28,32)(H,26,27,29). The average Bonchev–Trinajstić information content (AvgIpc) is 2.67. The number of amides is 1. The number of hydrogen-bond donors (Lipinski definition) is 2. The van der Waals surface area contributed by atoms with Gasteiger partial charge < -0.3 is 15.5 Å². The highest BCUT2D eigenvalue weighted by Gasteiger charge is 2.36. The van der Waals surface area contributed by atoms with E-state index in [0.29, 0.717) is 29.7 Å². The minimum Gasteiger partial charge on any atom is -0.349 e. The molecule has 0 saturated carbocycles. The number of anilines is 3. The summed E-state index contributed by atoms with van der Waals surface area (Å²) in [6, 6.07) is 5.13. The van der Waals surface area contributed by atoms with Crippen molar-refractivity contribution < 1.29 is 18.0 Å². The molecule has 1 aromatic heterocycles. The lowest BCUT2D eigenvalue weighted by molar-refractivity contribution is -0.137. The van der Waals surface area contributed by atoms with E-state index in [1.54, 1.807) is 0 Å². The van der Waals surface area contributed by atoms with Crippen molar-refractivity contribution in [3.05, 3.63) is 41.1 Å². The van der Waals surface area contributed by atoms with Crippen LogP contribution in [-0.2, 0) is 17.5 Å². The molecule has 4 rings (SSSR count). The van der Waals surface area contributed by atoms with Gasteiger partial charge in [0, 0.05) is 26.7 Å². The lowest BCUT2D eigenvalue weighted by Gasteiger charge is -2.40. The third kappa shape index (κ3) is 4.36. The van der Waals surface area contributed by atoms with Gasteiger partial charge in [-0.1, -0.05) is 26.0 Å². The van der Waals surface area contributed by atoms with Crippen LogP contribution in [0.3, 0.4) is 0 Å². The maximum absolute atomic E-state index is 12.7. The second kappa shape index (κ2) is 8.23. The lowest BCUT2D eigenvalue weighted by Crippen LogP contribution is -2.54. The highest BCUT2D eigenvalue weighted by molar-refractivity contribution is 6.03. The van der Waals surface area contributed by atoms with Crippen molar-refractivity contribution in [3.63, 3.8) is 0 Å². The topological polar surface area (TPSA) is 73.4 Å². The summed E-state index contributed by atoms with van der Waals surface area (Å²) in [4.78, 5) is 25.6. The molecule has 7 nitrogen and oxygen atoms in total. The molecule has 2 aliphatic heterocycles. The monoisotopic (exact) mass is 448 g/mol. The van der Waals surface area contributed by atoms with Crippen molar-refractivity contribution in [1.82, 2.24) is 14.9 Å². The van der Waals surface area contributed by atoms with Crippen molar-refractivity contribution in [1.29, 1.82) is 0 Å². The molecule has 3 heterocycles. The normalized spacial score (nSPS) is 19.6. The first kappa shape index (κ1) is 22.3. The smallest absolute Gasteiger partial charge is 0.349 e. The number of likely N-dealkylation sites (tertiary alicyclic amines) is 1. The van der Waals surface area contributed by atoms with Crippen molar-refractivity contribution in [2.45, 2.75) is 45.6 Å². The highest BCUT2D eigenvalue weighted by Crippen LogP contribution is 2.34. The second-order valence-electron chi connectivity index (χ2n) is 8.85. The third-order valence-corrected chi connectivity index (χ3v) is 5.95. The first-order valence-electron chi connectivity index (χ1n) is 10.6. The van der Waals surface area contributed by atoms with Crippen LogP contribution in [0.15, 0.2) is 24.3 Å². The van der Waals surface area contributed by atoms with Crippen molar-refractivity contribution in [2.75, 3.05) is 35.7 Å². The van der Waals surface area contributed by atoms with E-state index in [1.807, 2.05) is 32.7 Å². The summed E-state index contributed by atoms with van der Waals surface area (Å²) in [5.41, 5.74) is 1.54. The molecular formula is C22H27F3N6O. The fraction of sp³-hybridized carbons (Fsp3) is 0.500. The number of aryl methyl sites for hydroxylation is 1. The van der Waals surface area contributed by atoms with Gasteiger partial charge in [0.05, 0.1) is 17.3 Å². The maximum Gasteiger partial charge on any atom is 0.416 e. The summed E-state index contributed by atoms with van der Waals surface area (Å²) in [5.74, 6) is 1.27. The van der Waals surface area contributed by atoms with Gasteiger partial charge >= 0.3 is 6.18 Å². The van der Waals surface area contributed by atoms with Crippen LogP contribution in [0.4, 0.5) is 30.6 Å². The van der Waals surface area contributed by atoms with Crippen LogP contribution in [0.2, 0.25) is 0 Å². The summed E-state index contributed by atoms with van der Waals surface area (Å²) >= 11 is 0. The number of nitrogens with one attached hydrogen (secondary N) is 2. The molecular weight excluding hydrogens is 421 g/mol. The number of likely N-dealkylation sites (N-methyl/N-ethyl adjacent to an activating group) is 1. The Kier molecular flexibility index (Phi) is 5.74. The van der Waals surface area contributed by atoms with Crippen LogP contribution in [0.5, 0.6) is 0 Å². The molecule has 0 spiro atoms. The summed E-state index contributed by atoms with van der Waals surface area (Å²) in [6.07, 6.45) is -4.32. The molecule has 1 aromatic carbocycles. The Bertz CT molecular complexity index is 1000. The summed E-state index contributed by atoms with van der Waals surface area (Å²) in [5, 5.41) is 6.27. The minimum absolute atomic E-state index is 0.0553. The molecule has 1 amide bonds. The third-order valence-electron chi connectivity index (χ3n) is 5.95. The Morgan fingerprint density at radius 3 is 2.44 bits per heavy atom. The number of carbonyl (C=O) groups is 1. The number of hydrogen-bond acceptors (Lipinski definition) is 6. The second-order valence-corrected chi connectivity index (χ2v) is 8.85. The van der Waals surface area contributed by atoms with Gasteiger partial charge in [0.15, 0.2) is 5.82 Å². The summed E-state index contributed by atoms with van der Waals surface area (Å²) in [6.45, 7) is 7.90. The SMILES string of the molecule is Cc1nc(NC2CN(Cc3ccc(C(F)(F)F)cc3)C2)nc2c1NC(=O)C(C(C)C)N2C. The van der Waals surface area contributed by atoms with Crippen LogP contribution in [0.1, 0.15) is 30.7 Å². The fourth-order valence-electron chi connectivity index (χ4n) is 4.31. The molecule has 1 saturated heterocycles. The van der Waals surface area contributed by atoms with E-state index in [-0.39, 0.29) is 23.9 Å². The van der Waals surface area contributed by atoms with E-state index < -0.39 is 11.7 Å². The van der Waals surface area contributed by atoms with Crippen LogP contribution in [0.25, 0.3) is 0 Å². The van der Waals surface area contributed by atoms with E-state index in [4.69, 9.17) is 0 Å². The Morgan fingerprint density at radius 1 is 1.19 bits per heavy atom. The fourth-order valence-corrected chi connectivity index (χ4v) is 4.31. The molecule has 1 fully saturated rings. The van der Waals surface area contributed by atoms with Crippen molar-refractivity contribution in [3.8, 4) is 0 Å². The predicted octanol–water partition coefficient (Wildman–Crippen LogP) is 3.51. The lowest BCUT2D eigenvalue weighted by atomic mass is 9.99. The number of rotatable bonds is 5. The zero-order valence-corrected chi connectivity index (χ0v) is 18.5. The van der Waals surface area contributed by atoms with Gasteiger partial charge in [0.2, 0.25) is 11.9 Å². The Balaban J connectivity index is 1.37. The molecule has 0 bridgehead atoms. The molecule has 0 aliphatic carbocycles. The van der Waals surface area contributed by atoms with E-state index in [2.05, 4.69) is 25.5 Å². The molecule has 1 unspecified atom stereocenters. The van der Waals surface area contributed by atoms with Crippen LogP contribution >= 0.6 is 0 Å². The predicted molar refractivity (Wildman–Crippen MR) is 117 cm³/mol. The van der Waals surface area contributed by atoms with Crippen LogP contribution < -0.4 is 15.5 Å². The number of alkyl halides is 3. The van der Waals surface area contributed by atoms with Gasteiger partial charge in [0.25, 0.3) is 0 Å². The number of carbonyl (C=O) groups excluding carboxylic acids is 1. The van der Waals surface area contributed by atoms with Crippen molar-refractivity contribution in [2.24, 2.45) is 5.92 Å². The van der Waals surface area contributed by atoms with Gasteiger partial charge in [-0.2, -0.15) is 18.2 Å². The zero-order valence-electron chi connectivity index (χ0n) is 18.5. The quantitative estimate of drug-likeness (QED) is 0.729. The first-order chi connectivity index (χ1) is 15.0. The van der Waals surface area contributed by atoms with Gasteiger partial charge in [-0.15, -0.1) is 0 Å². The highest BCUT2D eigenvalue weighted by atomic mass is 19.4. The molecule has 32 heavy (non-hydrogen) atoms. The molecule has 172 valence electrons. The number of nitrogens with zero attached hydrogens (tertiary/aromatic N) is 4. The number of fused-ring (bicyclic) bond motifs is 1. The van der Waals surface area contributed by atoms with E-state index in [1.165, 1.54) is 12.1 Å². The van der Waals surface area contributed by atoms with Gasteiger partial charge in [0.1, 0.15) is 11.7 Å². The van der Waals surface area contributed by atoms with E-state index in [0.717, 1.165) is 30.8 Å². The van der Waals surface area contributed by atoms with Crippen molar-refractivity contribution >= 4 is 23.4 Å². The number of aromatic nitrogens is 2. The maximum atomic E-state index is 12.7. The van der Waals surface area contributed by atoms with Gasteiger partial charge in [-0.05, 0) is 30.5 Å². The molecule has 2 N–H and O–H groups in total. The molecule has 2 aliphatic rings. The van der Waals surface area contributed by atoms with Gasteiger partial charge in [-0.3, -0.25) is 9.69 Å². The average molecular weight is 448 g/mol. The Hall–Kier alpha value is -2.88. The van der Waals surface area contributed by atoms with E-state index in [9.17, 15) is 18.0 Å². The zero-order chi connectivity index (χ0) is 23.2. The largest absolute Gasteiger partial charge is 0.416 e. The molecule has 0 radical (unpaired) electrons. The Morgan fingerprint density at radius 2 is 1.84 bits per heavy atom. The Labute approximate surface area is 185 Å². The molecule has 1 atom stereocenters. The number of halogens is 3. The van der Waals surface area contributed by atoms with Gasteiger partial charge in [-0.25, -0.2) is 4.98 Å². The summed E-state index contributed by atoms with van der Waals surface area (Å²) in [7, 11) is 1.87. The summed E-state index contributed by atoms with van der Waals surface area (Å²) < 4.78 is 38.1. The van der Waals surface area contributed by atoms with Crippen LogP contribution in [-0.4, -0.2) is 53.0 Å². The molecule has 2 aromatic rings.